The van der Waals surface area contributed by atoms with E-state index in [-0.39, 0.29) is 6.03 Å². The van der Waals surface area contributed by atoms with Crippen LogP contribution in [0.2, 0.25) is 0 Å². The molecule has 0 aromatic rings. The number of carbonyl (C=O) groups is 1. The molecule has 2 unspecified atom stereocenters. The normalized spacial score (nSPS) is 33.9. The SMILES string of the molecule is CCN(C)C(=O)NC1CC2CCC(C1)N2. The predicted molar refractivity (Wildman–Crippen MR) is 59.8 cm³/mol. The van der Waals surface area contributed by atoms with E-state index in [1.807, 2.05) is 14.0 Å². The van der Waals surface area contributed by atoms with Gasteiger partial charge in [-0.2, -0.15) is 0 Å². The summed E-state index contributed by atoms with van der Waals surface area (Å²) >= 11 is 0. The lowest BCUT2D eigenvalue weighted by molar-refractivity contribution is 0.200. The van der Waals surface area contributed by atoms with E-state index in [2.05, 4.69) is 10.6 Å². The molecule has 0 radical (unpaired) electrons. The van der Waals surface area contributed by atoms with Crippen LogP contribution in [-0.4, -0.2) is 42.6 Å². The molecule has 2 aliphatic heterocycles. The quantitative estimate of drug-likeness (QED) is 0.713. The highest BCUT2D eigenvalue weighted by atomic mass is 16.2. The Morgan fingerprint density at radius 2 is 2.00 bits per heavy atom. The lowest BCUT2D eigenvalue weighted by Gasteiger charge is -2.30. The first-order valence-electron chi connectivity index (χ1n) is 5.96. The van der Waals surface area contributed by atoms with Gasteiger partial charge in [-0.25, -0.2) is 4.79 Å². The molecule has 15 heavy (non-hydrogen) atoms. The van der Waals surface area contributed by atoms with Gasteiger partial charge in [0.15, 0.2) is 0 Å². The fourth-order valence-electron chi connectivity index (χ4n) is 2.60. The number of hydrogen-bond donors (Lipinski definition) is 2. The molecule has 2 aliphatic rings. The second kappa shape index (κ2) is 4.39. The van der Waals surface area contributed by atoms with Crippen molar-refractivity contribution >= 4 is 6.03 Å². The van der Waals surface area contributed by atoms with Gasteiger partial charge in [-0.15, -0.1) is 0 Å². The number of fused-ring (bicyclic) bond motifs is 2. The van der Waals surface area contributed by atoms with Crippen molar-refractivity contribution in [2.45, 2.75) is 50.7 Å². The summed E-state index contributed by atoms with van der Waals surface area (Å²) in [5.74, 6) is 0. The standard InChI is InChI=1S/C11H21N3O/c1-3-14(2)11(15)13-10-6-8-4-5-9(7-10)12-8/h8-10,12H,3-7H2,1-2H3,(H,13,15). The lowest BCUT2D eigenvalue weighted by Crippen LogP contribution is -2.50. The number of rotatable bonds is 2. The van der Waals surface area contributed by atoms with Crippen LogP contribution in [0.1, 0.15) is 32.6 Å². The molecule has 4 heteroatoms. The van der Waals surface area contributed by atoms with Crippen molar-refractivity contribution in [3.63, 3.8) is 0 Å². The average molecular weight is 211 g/mol. The van der Waals surface area contributed by atoms with Crippen LogP contribution in [-0.2, 0) is 0 Å². The molecule has 2 rings (SSSR count). The maximum absolute atomic E-state index is 11.7. The Hall–Kier alpha value is -0.770. The Kier molecular flexibility index (Phi) is 3.14. The smallest absolute Gasteiger partial charge is 0.317 e. The van der Waals surface area contributed by atoms with E-state index in [0.29, 0.717) is 18.1 Å². The van der Waals surface area contributed by atoms with Crippen molar-refractivity contribution < 1.29 is 4.79 Å². The van der Waals surface area contributed by atoms with Crippen LogP contribution in [0.5, 0.6) is 0 Å². The molecule has 0 aliphatic carbocycles. The first-order chi connectivity index (χ1) is 7.19. The second-order valence-electron chi connectivity index (χ2n) is 4.77. The lowest BCUT2D eigenvalue weighted by atomic mass is 10.00. The summed E-state index contributed by atoms with van der Waals surface area (Å²) in [6.07, 6.45) is 4.75. The van der Waals surface area contributed by atoms with Crippen molar-refractivity contribution in [1.82, 2.24) is 15.5 Å². The molecule has 2 atom stereocenters. The van der Waals surface area contributed by atoms with Crippen LogP contribution in [0, 0.1) is 0 Å². The van der Waals surface area contributed by atoms with Crippen LogP contribution in [0.25, 0.3) is 0 Å². The minimum absolute atomic E-state index is 0.0730. The van der Waals surface area contributed by atoms with Gasteiger partial charge < -0.3 is 15.5 Å². The zero-order chi connectivity index (χ0) is 10.8. The van der Waals surface area contributed by atoms with Gasteiger partial charge in [-0.05, 0) is 32.6 Å². The number of carbonyl (C=O) groups excluding carboxylic acids is 1. The van der Waals surface area contributed by atoms with E-state index in [4.69, 9.17) is 0 Å². The molecule has 0 aromatic heterocycles. The zero-order valence-electron chi connectivity index (χ0n) is 9.62. The number of amides is 2. The van der Waals surface area contributed by atoms with Crippen molar-refractivity contribution in [3.05, 3.63) is 0 Å². The molecule has 2 saturated heterocycles. The number of piperidine rings is 1. The van der Waals surface area contributed by atoms with Crippen molar-refractivity contribution in [1.29, 1.82) is 0 Å². The molecule has 2 fully saturated rings. The highest BCUT2D eigenvalue weighted by Gasteiger charge is 2.34. The number of nitrogens with one attached hydrogen (secondary N) is 2. The van der Waals surface area contributed by atoms with Gasteiger partial charge in [-0.1, -0.05) is 0 Å². The zero-order valence-corrected chi connectivity index (χ0v) is 9.62. The van der Waals surface area contributed by atoms with E-state index in [9.17, 15) is 4.79 Å². The topological polar surface area (TPSA) is 44.4 Å². The van der Waals surface area contributed by atoms with Gasteiger partial charge in [0.2, 0.25) is 0 Å². The molecule has 0 aromatic carbocycles. The summed E-state index contributed by atoms with van der Waals surface area (Å²) in [4.78, 5) is 13.4. The molecule has 86 valence electrons. The fourth-order valence-corrected chi connectivity index (χ4v) is 2.60. The Morgan fingerprint density at radius 1 is 1.40 bits per heavy atom. The van der Waals surface area contributed by atoms with E-state index < -0.39 is 0 Å². The Bertz CT molecular complexity index is 232. The molecule has 0 spiro atoms. The summed E-state index contributed by atoms with van der Waals surface area (Å²) in [7, 11) is 1.84. The largest absolute Gasteiger partial charge is 0.335 e. The molecule has 2 N–H and O–H groups in total. The number of urea groups is 1. The van der Waals surface area contributed by atoms with Crippen molar-refractivity contribution in [2.75, 3.05) is 13.6 Å². The summed E-state index contributed by atoms with van der Waals surface area (Å²) in [6, 6.07) is 1.73. The summed E-state index contributed by atoms with van der Waals surface area (Å²) in [5.41, 5.74) is 0. The summed E-state index contributed by atoms with van der Waals surface area (Å²) in [5, 5.41) is 6.69. The summed E-state index contributed by atoms with van der Waals surface area (Å²) in [6.45, 7) is 2.76. The first kappa shape index (κ1) is 10.7. The third kappa shape index (κ3) is 2.43. The average Bonchev–Trinajstić information content (AvgIpc) is 2.57. The second-order valence-corrected chi connectivity index (χ2v) is 4.77. The third-order valence-corrected chi connectivity index (χ3v) is 3.62. The maximum Gasteiger partial charge on any atom is 0.317 e. The molecular formula is C11H21N3O. The van der Waals surface area contributed by atoms with E-state index >= 15 is 0 Å². The maximum atomic E-state index is 11.7. The Morgan fingerprint density at radius 3 is 2.53 bits per heavy atom. The number of nitrogens with zero attached hydrogens (tertiary/aromatic N) is 1. The molecular weight excluding hydrogens is 190 g/mol. The molecule has 2 bridgehead atoms. The monoisotopic (exact) mass is 211 g/mol. The van der Waals surface area contributed by atoms with Crippen molar-refractivity contribution in [2.24, 2.45) is 0 Å². The van der Waals surface area contributed by atoms with Crippen molar-refractivity contribution in [3.8, 4) is 0 Å². The summed E-state index contributed by atoms with van der Waals surface area (Å²) < 4.78 is 0. The van der Waals surface area contributed by atoms with Gasteiger partial charge in [0.05, 0.1) is 0 Å². The van der Waals surface area contributed by atoms with E-state index in [1.54, 1.807) is 4.90 Å². The minimum atomic E-state index is 0.0730. The van der Waals surface area contributed by atoms with Crippen LogP contribution in [0.15, 0.2) is 0 Å². The van der Waals surface area contributed by atoms with E-state index in [1.165, 1.54) is 12.8 Å². The van der Waals surface area contributed by atoms with Crippen LogP contribution < -0.4 is 10.6 Å². The predicted octanol–water partition coefficient (Wildman–Crippen LogP) is 0.931. The van der Waals surface area contributed by atoms with Gasteiger partial charge in [0.1, 0.15) is 0 Å². The van der Waals surface area contributed by atoms with Crippen LogP contribution in [0.3, 0.4) is 0 Å². The Balaban J connectivity index is 1.82. The highest BCUT2D eigenvalue weighted by molar-refractivity contribution is 5.74. The van der Waals surface area contributed by atoms with Gasteiger partial charge in [0, 0.05) is 31.7 Å². The highest BCUT2D eigenvalue weighted by Crippen LogP contribution is 2.26. The molecule has 0 saturated carbocycles. The first-order valence-corrected chi connectivity index (χ1v) is 5.96. The van der Waals surface area contributed by atoms with Crippen LogP contribution >= 0.6 is 0 Å². The van der Waals surface area contributed by atoms with E-state index in [0.717, 1.165) is 19.4 Å². The molecule has 4 nitrogen and oxygen atoms in total. The van der Waals surface area contributed by atoms with Crippen LogP contribution in [0.4, 0.5) is 4.79 Å². The Labute approximate surface area is 91.4 Å². The molecule has 2 heterocycles. The number of hydrogen-bond acceptors (Lipinski definition) is 2. The van der Waals surface area contributed by atoms with Gasteiger partial charge >= 0.3 is 6.03 Å². The fraction of sp³-hybridized carbons (Fsp3) is 0.909. The molecule has 2 amide bonds. The van der Waals surface area contributed by atoms with Gasteiger partial charge in [-0.3, -0.25) is 0 Å². The third-order valence-electron chi connectivity index (χ3n) is 3.62. The minimum Gasteiger partial charge on any atom is -0.335 e. The van der Waals surface area contributed by atoms with Gasteiger partial charge in [0.25, 0.3) is 0 Å².